The second-order valence-corrected chi connectivity index (χ2v) is 8.31. The Bertz CT molecular complexity index is 608. The number of carboxylic acids is 1. The highest BCUT2D eigenvalue weighted by atomic mass is 79.9. The summed E-state index contributed by atoms with van der Waals surface area (Å²) in [5.41, 5.74) is -0.610. The van der Waals surface area contributed by atoms with Crippen LogP contribution in [-0.2, 0) is 16.0 Å². The van der Waals surface area contributed by atoms with E-state index in [-0.39, 0.29) is 6.54 Å². The lowest BCUT2D eigenvalue weighted by molar-refractivity contribution is -0.152. The number of carboxylic acid groups (broad SMARTS) is 1. The van der Waals surface area contributed by atoms with Crippen LogP contribution < -0.4 is 0 Å². The molecule has 0 aromatic heterocycles. The Morgan fingerprint density at radius 1 is 1.29 bits per heavy atom. The molecule has 0 aliphatic carbocycles. The molecule has 1 atom stereocenters. The van der Waals surface area contributed by atoms with Gasteiger partial charge in [-0.1, -0.05) is 28.1 Å². The predicted molar refractivity (Wildman–Crippen MR) is 95.0 cm³/mol. The molecule has 0 radical (unpaired) electrons. The summed E-state index contributed by atoms with van der Waals surface area (Å²) in [6.45, 7) is 6.13. The number of ether oxygens (including phenoxy) is 1. The molecule has 5 nitrogen and oxygen atoms in total. The van der Waals surface area contributed by atoms with E-state index in [0.29, 0.717) is 25.8 Å². The fraction of sp³-hybridized carbons (Fsp3) is 0.556. The Balaban J connectivity index is 2.18. The third-order valence-corrected chi connectivity index (χ3v) is 4.67. The van der Waals surface area contributed by atoms with Crippen molar-refractivity contribution in [1.29, 1.82) is 0 Å². The highest BCUT2D eigenvalue weighted by Gasteiger charge is 2.44. The number of hydrogen-bond acceptors (Lipinski definition) is 3. The number of aliphatic carboxylic acids is 1. The quantitative estimate of drug-likeness (QED) is 0.833. The minimum absolute atomic E-state index is 0.174. The van der Waals surface area contributed by atoms with Crippen molar-refractivity contribution in [3.63, 3.8) is 0 Å². The van der Waals surface area contributed by atoms with E-state index < -0.39 is 23.1 Å². The predicted octanol–water partition coefficient (Wildman–Crippen LogP) is 4.09. The molecular weight excluding hydrogens is 374 g/mol. The molecule has 1 aliphatic rings. The number of nitrogens with zero attached hydrogens (tertiary/aromatic N) is 1. The zero-order valence-corrected chi connectivity index (χ0v) is 15.9. The van der Waals surface area contributed by atoms with Crippen molar-refractivity contribution in [1.82, 2.24) is 4.90 Å². The van der Waals surface area contributed by atoms with Crippen molar-refractivity contribution in [3.8, 4) is 0 Å². The minimum Gasteiger partial charge on any atom is -0.481 e. The zero-order valence-electron chi connectivity index (χ0n) is 14.3. The van der Waals surface area contributed by atoms with Crippen molar-refractivity contribution < 1.29 is 19.4 Å². The Labute approximate surface area is 151 Å². The minimum atomic E-state index is -0.969. The van der Waals surface area contributed by atoms with Crippen molar-refractivity contribution in [2.75, 3.05) is 13.1 Å². The van der Waals surface area contributed by atoms with Crippen LogP contribution in [0.25, 0.3) is 0 Å². The fourth-order valence-corrected chi connectivity index (χ4v) is 3.27. The van der Waals surface area contributed by atoms with Crippen LogP contribution >= 0.6 is 15.9 Å². The van der Waals surface area contributed by atoms with Crippen molar-refractivity contribution >= 4 is 28.0 Å². The number of rotatable bonds is 3. The Hall–Kier alpha value is -1.56. The van der Waals surface area contributed by atoms with Gasteiger partial charge in [0.15, 0.2) is 0 Å². The topological polar surface area (TPSA) is 66.8 Å². The first-order chi connectivity index (χ1) is 11.1. The standard InChI is InChI=1S/C18H24BrNO4/c1-17(2,3)24-16(23)20-10-4-9-18(12-20,15(21)22)11-13-5-7-14(19)8-6-13/h5-8H,4,9-12H2,1-3H3,(H,21,22)/t18-/m0/s1. The number of benzene rings is 1. The number of halogens is 1. The monoisotopic (exact) mass is 397 g/mol. The lowest BCUT2D eigenvalue weighted by Crippen LogP contribution is -2.52. The van der Waals surface area contributed by atoms with E-state index in [1.165, 1.54) is 4.90 Å². The molecule has 1 saturated heterocycles. The zero-order chi connectivity index (χ0) is 18.0. The van der Waals surface area contributed by atoms with Crippen LogP contribution in [0.5, 0.6) is 0 Å². The molecule has 1 aromatic rings. The Morgan fingerprint density at radius 3 is 2.46 bits per heavy atom. The number of hydrogen-bond donors (Lipinski definition) is 1. The van der Waals surface area contributed by atoms with E-state index >= 15 is 0 Å². The molecule has 0 unspecified atom stereocenters. The van der Waals surface area contributed by atoms with Crippen LogP contribution in [0.3, 0.4) is 0 Å². The number of amides is 1. The second-order valence-electron chi connectivity index (χ2n) is 7.39. The van der Waals surface area contributed by atoms with Gasteiger partial charge in [0.05, 0.1) is 5.41 Å². The molecule has 1 aromatic carbocycles. The summed E-state index contributed by atoms with van der Waals surface area (Å²) >= 11 is 3.38. The van der Waals surface area contributed by atoms with Gasteiger partial charge < -0.3 is 14.7 Å². The normalized spacial score (nSPS) is 21.4. The molecule has 6 heteroatoms. The van der Waals surface area contributed by atoms with Crippen LogP contribution in [0.4, 0.5) is 4.79 Å². The smallest absolute Gasteiger partial charge is 0.410 e. The van der Waals surface area contributed by atoms with E-state index in [2.05, 4.69) is 15.9 Å². The van der Waals surface area contributed by atoms with Crippen LogP contribution in [0.1, 0.15) is 39.2 Å². The van der Waals surface area contributed by atoms with Crippen LogP contribution in [0.2, 0.25) is 0 Å². The number of carbonyl (C=O) groups excluding carboxylic acids is 1. The van der Waals surface area contributed by atoms with Crippen LogP contribution in [0.15, 0.2) is 28.7 Å². The summed E-state index contributed by atoms with van der Waals surface area (Å²) in [7, 11) is 0. The Morgan fingerprint density at radius 2 is 1.92 bits per heavy atom. The first kappa shape index (κ1) is 18.8. The van der Waals surface area contributed by atoms with Gasteiger partial charge in [0.1, 0.15) is 5.60 Å². The van der Waals surface area contributed by atoms with E-state index in [1.54, 1.807) is 20.8 Å². The van der Waals surface area contributed by atoms with Gasteiger partial charge in [-0.05, 0) is 57.7 Å². The first-order valence-electron chi connectivity index (χ1n) is 8.07. The average molecular weight is 398 g/mol. The van der Waals surface area contributed by atoms with Crippen LogP contribution in [0, 0.1) is 5.41 Å². The van der Waals surface area contributed by atoms with Gasteiger partial charge >= 0.3 is 12.1 Å². The lowest BCUT2D eigenvalue weighted by Gasteiger charge is -2.40. The van der Waals surface area contributed by atoms with E-state index in [4.69, 9.17) is 4.74 Å². The van der Waals surface area contributed by atoms with Gasteiger partial charge in [0.2, 0.25) is 0 Å². The summed E-state index contributed by atoms with van der Waals surface area (Å²) in [4.78, 5) is 25.9. The summed E-state index contributed by atoms with van der Waals surface area (Å²) in [6.07, 6.45) is 1.16. The molecule has 2 rings (SSSR count). The SMILES string of the molecule is CC(C)(C)OC(=O)N1CCC[C@@](Cc2ccc(Br)cc2)(C(=O)O)C1. The molecule has 1 N–H and O–H groups in total. The summed E-state index contributed by atoms with van der Waals surface area (Å²) in [5.74, 6) is -0.862. The van der Waals surface area contributed by atoms with Crippen molar-refractivity contribution in [2.45, 2.75) is 45.6 Å². The average Bonchev–Trinajstić information content (AvgIpc) is 2.48. The van der Waals surface area contributed by atoms with E-state index in [1.807, 2.05) is 24.3 Å². The third-order valence-electron chi connectivity index (χ3n) is 4.14. The molecule has 1 fully saturated rings. The molecule has 24 heavy (non-hydrogen) atoms. The largest absolute Gasteiger partial charge is 0.481 e. The lowest BCUT2D eigenvalue weighted by atomic mass is 9.75. The molecule has 1 heterocycles. The van der Waals surface area contributed by atoms with Gasteiger partial charge in [-0.2, -0.15) is 0 Å². The molecule has 0 spiro atoms. The van der Waals surface area contributed by atoms with Gasteiger partial charge in [-0.3, -0.25) is 4.79 Å². The first-order valence-corrected chi connectivity index (χ1v) is 8.86. The molecule has 1 aliphatic heterocycles. The summed E-state index contributed by atoms with van der Waals surface area (Å²) < 4.78 is 6.36. The van der Waals surface area contributed by atoms with Crippen molar-refractivity contribution in [2.24, 2.45) is 5.41 Å². The summed E-state index contributed by atoms with van der Waals surface area (Å²) in [6, 6.07) is 7.64. The highest BCUT2D eigenvalue weighted by molar-refractivity contribution is 9.10. The van der Waals surface area contributed by atoms with Crippen LogP contribution in [-0.4, -0.2) is 40.8 Å². The number of likely N-dealkylation sites (tertiary alicyclic amines) is 1. The Kier molecular flexibility index (Phi) is 5.58. The van der Waals surface area contributed by atoms with Gasteiger partial charge in [0, 0.05) is 17.6 Å². The van der Waals surface area contributed by atoms with E-state index in [9.17, 15) is 14.7 Å². The van der Waals surface area contributed by atoms with Crippen molar-refractivity contribution in [3.05, 3.63) is 34.3 Å². The second kappa shape index (κ2) is 7.13. The van der Waals surface area contributed by atoms with Gasteiger partial charge in [-0.15, -0.1) is 0 Å². The van der Waals surface area contributed by atoms with Gasteiger partial charge in [-0.25, -0.2) is 4.79 Å². The fourth-order valence-electron chi connectivity index (χ4n) is 3.00. The summed E-state index contributed by atoms with van der Waals surface area (Å²) in [5, 5.41) is 9.85. The molecule has 1 amide bonds. The maximum Gasteiger partial charge on any atom is 0.410 e. The highest BCUT2D eigenvalue weighted by Crippen LogP contribution is 2.35. The molecule has 132 valence electrons. The maximum atomic E-state index is 12.3. The number of piperidine rings is 1. The van der Waals surface area contributed by atoms with Gasteiger partial charge in [0.25, 0.3) is 0 Å². The number of carbonyl (C=O) groups is 2. The van der Waals surface area contributed by atoms with E-state index in [0.717, 1.165) is 10.0 Å². The molecular formula is C18H24BrNO4. The molecule has 0 saturated carbocycles. The third kappa shape index (κ3) is 4.72. The molecule has 0 bridgehead atoms. The maximum absolute atomic E-state index is 12.3.